The molecule has 0 radical (unpaired) electrons. The Hall–Kier alpha value is -3.55. The maximum atomic E-state index is 12.6. The van der Waals surface area contributed by atoms with Gasteiger partial charge in [-0.25, -0.2) is 9.78 Å². The number of benzene rings is 1. The number of imide groups is 1. The summed E-state index contributed by atoms with van der Waals surface area (Å²) in [6.45, 7) is 5.29. The summed E-state index contributed by atoms with van der Waals surface area (Å²) in [7, 11) is 0. The molecule has 8 heteroatoms. The van der Waals surface area contributed by atoms with Crippen LogP contribution in [0.3, 0.4) is 0 Å². The van der Waals surface area contributed by atoms with Gasteiger partial charge >= 0.3 is 11.9 Å². The molecule has 1 aliphatic heterocycles. The molecule has 1 aromatic carbocycles. The summed E-state index contributed by atoms with van der Waals surface area (Å²) in [5.41, 5.74) is 0.0831. The van der Waals surface area contributed by atoms with Gasteiger partial charge in [0.25, 0.3) is 11.8 Å². The fourth-order valence-corrected chi connectivity index (χ4v) is 2.83. The Labute approximate surface area is 167 Å². The molecule has 3 rings (SSSR count). The van der Waals surface area contributed by atoms with E-state index < -0.39 is 29.4 Å². The van der Waals surface area contributed by atoms with E-state index in [9.17, 15) is 19.2 Å². The van der Waals surface area contributed by atoms with Crippen LogP contribution in [0.5, 0.6) is 0 Å². The topological polar surface area (TPSA) is 103 Å². The third-order valence-electron chi connectivity index (χ3n) is 4.03. The SMILES string of the molecule is CC(C)(C)OC(=O)CCc1cccnc1C(=O)ON1C(=O)c2ccccc2C1=O. The molecular weight excluding hydrogens is 376 g/mol. The molecule has 2 amide bonds. The summed E-state index contributed by atoms with van der Waals surface area (Å²) >= 11 is 0. The van der Waals surface area contributed by atoms with Crippen LogP contribution in [0.25, 0.3) is 0 Å². The minimum Gasteiger partial charge on any atom is -0.460 e. The van der Waals surface area contributed by atoms with E-state index in [1.807, 2.05) is 0 Å². The van der Waals surface area contributed by atoms with Crippen LogP contribution in [0.15, 0.2) is 42.6 Å². The average Bonchev–Trinajstić information content (AvgIpc) is 2.90. The normalized spacial score (nSPS) is 13.3. The van der Waals surface area contributed by atoms with Gasteiger partial charge in [-0.1, -0.05) is 23.3 Å². The summed E-state index contributed by atoms with van der Waals surface area (Å²) in [4.78, 5) is 58.3. The summed E-state index contributed by atoms with van der Waals surface area (Å²) in [5, 5.41) is 0.430. The van der Waals surface area contributed by atoms with E-state index in [0.29, 0.717) is 10.6 Å². The van der Waals surface area contributed by atoms with Gasteiger partial charge in [-0.15, -0.1) is 0 Å². The highest BCUT2D eigenvalue weighted by atomic mass is 16.7. The molecule has 0 N–H and O–H groups in total. The largest absolute Gasteiger partial charge is 0.460 e. The number of amides is 2. The van der Waals surface area contributed by atoms with Crippen molar-refractivity contribution in [1.82, 2.24) is 10.0 Å². The molecular formula is C21H20N2O6. The van der Waals surface area contributed by atoms with E-state index in [1.54, 1.807) is 45.0 Å². The highest BCUT2D eigenvalue weighted by Gasteiger charge is 2.39. The van der Waals surface area contributed by atoms with Crippen LogP contribution in [0.2, 0.25) is 0 Å². The zero-order chi connectivity index (χ0) is 21.2. The lowest BCUT2D eigenvalue weighted by molar-refractivity contribution is -0.154. The molecule has 29 heavy (non-hydrogen) atoms. The zero-order valence-electron chi connectivity index (χ0n) is 16.3. The van der Waals surface area contributed by atoms with Gasteiger partial charge in [0.15, 0.2) is 5.69 Å². The maximum Gasteiger partial charge on any atom is 0.382 e. The molecule has 0 atom stereocenters. The van der Waals surface area contributed by atoms with Crippen LogP contribution in [0.4, 0.5) is 0 Å². The minimum absolute atomic E-state index is 0.0380. The van der Waals surface area contributed by atoms with Crippen molar-refractivity contribution in [3.8, 4) is 0 Å². The Balaban J connectivity index is 1.72. The molecule has 0 unspecified atom stereocenters. The molecule has 2 aromatic rings. The Kier molecular flexibility index (Phi) is 5.45. The Morgan fingerprint density at radius 3 is 2.21 bits per heavy atom. The van der Waals surface area contributed by atoms with E-state index in [1.165, 1.54) is 18.3 Å². The van der Waals surface area contributed by atoms with Gasteiger partial charge in [-0.3, -0.25) is 14.4 Å². The molecule has 0 fully saturated rings. The monoisotopic (exact) mass is 396 g/mol. The fraction of sp³-hybridized carbons (Fsp3) is 0.286. The highest BCUT2D eigenvalue weighted by Crippen LogP contribution is 2.23. The lowest BCUT2D eigenvalue weighted by Crippen LogP contribution is -2.33. The first-order chi connectivity index (χ1) is 13.7. The number of fused-ring (bicyclic) bond motifs is 1. The highest BCUT2D eigenvalue weighted by molar-refractivity contribution is 6.21. The van der Waals surface area contributed by atoms with Crippen LogP contribution in [-0.4, -0.2) is 39.4 Å². The number of aryl methyl sites for hydroxylation is 1. The number of nitrogens with zero attached hydrogens (tertiary/aromatic N) is 2. The number of hydrogen-bond acceptors (Lipinski definition) is 7. The second-order valence-corrected chi connectivity index (χ2v) is 7.43. The van der Waals surface area contributed by atoms with Gasteiger partial charge in [0.2, 0.25) is 0 Å². The lowest BCUT2D eigenvalue weighted by Gasteiger charge is -2.19. The third kappa shape index (κ3) is 4.48. The van der Waals surface area contributed by atoms with Crippen molar-refractivity contribution < 1.29 is 28.8 Å². The number of hydrogen-bond donors (Lipinski definition) is 0. The standard InChI is InChI=1S/C21H20N2O6/c1-21(2,3)28-16(24)11-10-13-7-6-12-22-17(13)20(27)29-23-18(25)14-8-4-5-9-15(14)19(23)26/h4-9,12H,10-11H2,1-3H3. The third-order valence-corrected chi connectivity index (χ3v) is 4.03. The van der Waals surface area contributed by atoms with Crippen molar-refractivity contribution >= 4 is 23.8 Å². The Bertz CT molecular complexity index is 958. The van der Waals surface area contributed by atoms with Gasteiger partial charge in [0.05, 0.1) is 11.1 Å². The molecule has 0 bridgehead atoms. The second kappa shape index (κ2) is 7.83. The smallest absolute Gasteiger partial charge is 0.382 e. The van der Waals surface area contributed by atoms with E-state index in [2.05, 4.69) is 4.98 Å². The molecule has 0 aliphatic carbocycles. The van der Waals surface area contributed by atoms with E-state index in [-0.39, 0.29) is 29.7 Å². The van der Waals surface area contributed by atoms with E-state index >= 15 is 0 Å². The van der Waals surface area contributed by atoms with Gasteiger partial charge in [0, 0.05) is 12.6 Å². The van der Waals surface area contributed by atoms with Crippen LogP contribution in [0.1, 0.15) is 64.0 Å². The summed E-state index contributed by atoms with van der Waals surface area (Å²) in [6, 6.07) is 9.43. The molecule has 0 saturated carbocycles. The molecule has 0 spiro atoms. The Morgan fingerprint density at radius 1 is 1.00 bits per heavy atom. The van der Waals surface area contributed by atoms with Crippen molar-refractivity contribution in [2.45, 2.75) is 39.2 Å². The van der Waals surface area contributed by atoms with Crippen LogP contribution in [-0.2, 0) is 20.8 Å². The molecule has 0 saturated heterocycles. The summed E-state index contributed by atoms with van der Waals surface area (Å²) < 4.78 is 5.26. The number of aromatic nitrogens is 1. The second-order valence-electron chi connectivity index (χ2n) is 7.43. The zero-order valence-corrected chi connectivity index (χ0v) is 16.3. The number of esters is 1. The molecule has 1 aliphatic rings. The van der Waals surface area contributed by atoms with Crippen molar-refractivity contribution in [2.75, 3.05) is 0 Å². The van der Waals surface area contributed by atoms with Crippen LogP contribution in [0, 0.1) is 0 Å². The number of carbonyl (C=O) groups is 4. The average molecular weight is 396 g/mol. The van der Waals surface area contributed by atoms with Crippen molar-refractivity contribution in [3.63, 3.8) is 0 Å². The van der Waals surface area contributed by atoms with Gasteiger partial charge in [-0.2, -0.15) is 0 Å². The number of carbonyl (C=O) groups excluding carboxylic acids is 4. The number of rotatable bonds is 5. The maximum absolute atomic E-state index is 12.6. The predicted molar refractivity (Wildman–Crippen MR) is 101 cm³/mol. The number of hydroxylamine groups is 2. The molecule has 2 heterocycles. The fourth-order valence-electron chi connectivity index (χ4n) is 2.83. The van der Waals surface area contributed by atoms with E-state index in [0.717, 1.165) is 0 Å². The number of pyridine rings is 1. The minimum atomic E-state index is -0.959. The first kappa shape index (κ1) is 20.2. The van der Waals surface area contributed by atoms with Crippen molar-refractivity contribution in [2.24, 2.45) is 0 Å². The number of ether oxygens (including phenoxy) is 1. The van der Waals surface area contributed by atoms with Gasteiger partial charge < -0.3 is 9.57 Å². The molecule has 150 valence electrons. The quantitative estimate of drug-likeness (QED) is 0.565. The molecule has 8 nitrogen and oxygen atoms in total. The van der Waals surface area contributed by atoms with E-state index in [4.69, 9.17) is 9.57 Å². The van der Waals surface area contributed by atoms with Gasteiger partial charge in [0.1, 0.15) is 5.60 Å². The Morgan fingerprint density at radius 2 is 1.62 bits per heavy atom. The van der Waals surface area contributed by atoms with Gasteiger partial charge in [-0.05, 0) is 51.0 Å². The van der Waals surface area contributed by atoms with Crippen LogP contribution < -0.4 is 0 Å². The predicted octanol–water partition coefficient (Wildman–Crippen LogP) is 2.72. The lowest BCUT2D eigenvalue weighted by atomic mass is 10.1. The first-order valence-corrected chi connectivity index (χ1v) is 9.03. The molecule has 1 aromatic heterocycles. The van der Waals surface area contributed by atoms with Crippen LogP contribution >= 0.6 is 0 Å². The summed E-state index contributed by atoms with van der Waals surface area (Å²) in [6.07, 6.45) is 1.61. The summed E-state index contributed by atoms with van der Waals surface area (Å²) in [5.74, 6) is -2.81. The first-order valence-electron chi connectivity index (χ1n) is 9.03. The van der Waals surface area contributed by atoms with Crippen molar-refractivity contribution in [1.29, 1.82) is 0 Å². The van der Waals surface area contributed by atoms with Crippen molar-refractivity contribution in [3.05, 3.63) is 65.0 Å².